The van der Waals surface area contributed by atoms with E-state index in [0.29, 0.717) is 0 Å². The number of nitrogens with one attached hydrogen (secondary N) is 1. The van der Waals surface area contributed by atoms with E-state index in [4.69, 9.17) is 73.7 Å². The SMILES string of the molecule is C[C@@]1(N=[N+]=N)O[C@@H](c2cc(F)c3c(N)ncnn23)[C@H](F)[C@@H]1O.O=P(O)(O)O.O=P(O)(O)O.O=P([O-])(O)O. The average molecular weight is 605 g/mol. The van der Waals surface area contributed by atoms with Crippen LogP contribution in [0.5, 0.6) is 0 Å². The van der Waals surface area contributed by atoms with Crippen molar-refractivity contribution in [2.24, 2.45) is 5.11 Å². The van der Waals surface area contributed by atoms with Crippen molar-refractivity contribution >= 4 is 34.8 Å². The largest absolute Gasteiger partial charge is 0.756 e. The standard InChI is InChI=1S/C11H12F2N7O2.3H3O4P/c1-11(18-19-15)9(21)6(13)8(22-11)5-2-4(12)7-10(14)16-3-17-20(5)7;3*1-5(2,3)4/h2-3,6,8-9,15,21H,1H3,(H2,14,16,17);3*(H3,1,2,3,4)/q+1;;;/p-1/t6-,8-,9-,11+;;;/m0.../s1. The van der Waals surface area contributed by atoms with Gasteiger partial charge in [-0.2, -0.15) is 5.10 Å². The Morgan fingerprint density at radius 3 is 2.03 bits per heavy atom. The van der Waals surface area contributed by atoms with Gasteiger partial charge in [0.2, 0.25) is 4.91 Å². The summed E-state index contributed by atoms with van der Waals surface area (Å²) in [4.78, 5) is 72.5. The first-order chi connectivity index (χ1) is 16.4. The van der Waals surface area contributed by atoms with Gasteiger partial charge in [0.05, 0.1) is 5.69 Å². The summed E-state index contributed by atoms with van der Waals surface area (Å²) in [6.07, 6.45) is -3.84. The van der Waals surface area contributed by atoms with Crippen molar-refractivity contribution in [1.29, 1.82) is 5.53 Å². The molecule has 12 N–H and O–H groups in total. The Morgan fingerprint density at radius 2 is 1.62 bits per heavy atom. The monoisotopic (exact) mass is 605 g/mol. The Hall–Kier alpha value is -2.16. The molecule has 26 heteroatoms. The lowest BCUT2D eigenvalue weighted by Crippen LogP contribution is -2.37. The number of nitrogens with two attached hydrogens (primary N) is 1. The van der Waals surface area contributed by atoms with Gasteiger partial charge in [0, 0.05) is 6.07 Å². The molecule has 0 spiro atoms. The Bertz CT molecular complexity index is 1190. The summed E-state index contributed by atoms with van der Waals surface area (Å²) >= 11 is 0. The predicted molar refractivity (Wildman–Crippen MR) is 108 cm³/mol. The number of anilines is 1. The van der Waals surface area contributed by atoms with Crippen LogP contribution in [0.2, 0.25) is 0 Å². The van der Waals surface area contributed by atoms with Gasteiger partial charge >= 0.3 is 15.6 Å². The van der Waals surface area contributed by atoms with Crippen LogP contribution in [0.1, 0.15) is 18.7 Å². The number of ether oxygens (including phenoxy) is 1. The highest BCUT2D eigenvalue weighted by molar-refractivity contribution is 7.45. The minimum atomic E-state index is -4.89. The van der Waals surface area contributed by atoms with Crippen molar-refractivity contribution in [3.8, 4) is 0 Å². The minimum Gasteiger partial charge on any atom is -0.756 e. The summed E-state index contributed by atoms with van der Waals surface area (Å²) in [5, 5.41) is 17.1. The number of aliphatic hydroxyl groups is 1. The molecule has 1 aliphatic heterocycles. The molecule has 0 amide bonds. The number of phosphoric acid groups is 3. The van der Waals surface area contributed by atoms with Crippen molar-refractivity contribution < 1.29 is 76.4 Å². The summed E-state index contributed by atoms with van der Waals surface area (Å²) in [7, 11) is -14.2. The number of nitrogen functional groups attached to an aromatic ring is 1. The van der Waals surface area contributed by atoms with Gasteiger partial charge < -0.3 is 59.6 Å². The highest BCUT2D eigenvalue weighted by Crippen LogP contribution is 2.43. The van der Waals surface area contributed by atoms with E-state index in [-0.39, 0.29) is 17.0 Å². The summed E-state index contributed by atoms with van der Waals surface area (Å²) < 4.78 is 61.3. The third kappa shape index (κ3) is 13.3. The molecule has 21 nitrogen and oxygen atoms in total. The van der Waals surface area contributed by atoms with E-state index < -0.39 is 53.4 Å². The molecule has 0 unspecified atom stereocenters. The van der Waals surface area contributed by atoms with E-state index in [0.717, 1.165) is 16.9 Å². The zero-order chi connectivity index (χ0) is 29.6. The van der Waals surface area contributed by atoms with Gasteiger partial charge in [0.15, 0.2) is 22.9 Å². The first-order valence-corrected chi connectivity index (χ1v) is 13.2. The summed E-state index contributed by atoms with van der Waals surface area (Å²) in [6.45, 7) is 1.28. The van der Waals surface area contributed by atoms with E-state index in [1.165, 1.54) is 6.92 Å². The van der Waals surface area contributed by atoms with E-state index in [1.54, 1.807) is 0 Å². The molecule has 3 rings (SSSR count). The Morgan fingerprint density at radius 1 is 1.19 bits per heavy atom. The zero-order valence-electron chi connectivity index (χ0n) is 17.9. The fraction of sp³-hybridized carbons (Fsp3) is 0.455. The lowest BCUT2D eigenvalue weighted by molar-refractivity contribution is -0.214. The normalized spacial score (nSPS) is 23.4. The number of rotatable bonds is 2. The first-order valence-electron chi connectivity index (χ1n) is 8.58. The third-order valence-electron chi connectivity index (χ3n) is 3.61. The minimum absolute atomic E-state index is 0.0112. The number of halogens is 2. The molecule has 1 saturated heterocycles. The van der Waals surface area contributed by atoms with Crippen LogP contribution in [0, 0.1) is 11.3 Å². The molecule has 37 heavy (non-hydrogen) atoms. The predicted octanol–water partition coefficient (Wildman–Crippen LogP) is -2.93. The number of aromatic nitrogens is 3. The summed E-state index contributed by atoms with van der Waals surface area (Å²) in [5.74, 6) is -0.851. The molecule has 4 atom stereocenters. The molecule has 2 aromatic rings. The molecule has 0 bridgehead atoms. The van der Waals surface area contributed by atoms with Crippen LogP contribution >= 0.6 is 23.5 Å². The molecule has 2 aromatic heterocycles. The van der Waals surface area contributed by atoms with Crippen LogP contribution in [0.15, 0.2) is 17.5 Å². The maximum Gasteiger partial charge on any atom is 0.466 e. The second-order valence-electron chi connectivity index (χ2n) is 6.52. The fourth-order valence-electron chi connectivity index (χ4n) is 2.51. The lowest BCUT2D eigenvalue weighted by atomic mass is 10.0. The molecule has 1 aliphatic rings. The summed E-state index contributed by atoms with van der Waals surface area (Å²) in [6, 6.07) is 1.01. The van der Waals surface area contributed by atoms with Gasteiger partial charge in [-0.15, -0.1) is 0 Å². The van der Waals surface area contributed by atoms with E-state index >= 15 is 0 Å². The highest BCUT2D eigenvalue weighted by atomic mass is 31.2. The third-order valence-corrected chi connectivity index (χ3v) is 3.61. The molecule has 0 aromatic carbocycles. The molecular formula is C11H20F2N7O14P3. The maximum atomic E-state index is 14.4. The zero-order valence-corrected chi connectivity index (χ0v) is 20.5. The average Bonchev–Trinajstić information content (AvgIpc) is 3.09. The van der Waals surface area contributed by atoms with Crippen LogP contribution in [0.25, 0.3) is 5.52 Å². The van der Waals surface area contributed by atoms with Crippen LogP contribution in [0.3, 0.4) is 0 Å². The van der Waals surface area contributed by atoms with Crippen LogP contribution in [0.4, 0.5) is 14.6 Å². The topological polar surface area (TPSA) is 372 Å². The van der Waals surface area contributed by atoms with Crippen molar-refractivity contribution in [3.05, 3.63) is 23.9 Å². The van der Waals surface area contributed by atoms with E-state index in [1.807, 2.05) is 0 Å². The maximum absolute atomic E-state index is 14.4. The molecule has 3 heterocycles. The second kappa shape index (κ2) is 13.1. The Balaban J connectivity index is 0.000000711. The highest BCUT2D eigenvalue weighted by Gasteiger charge is 2.57. The second-order valence-corrected chi connectivity index (χ2v) is 9.56. The van der Waals surface area contributed by atoms with Crippen molar-refractivity contribution in [3.63, 3.8) is 0 Å². The van der Waals surface area contributed by atoms with Gasteiger partial charge in [0.1, 0.15) is 29.6 Å². The Kier molecular flexibility index (Phi) is 12.3. The fourth-order valence-corrected chi connectivity index (χ4v) is 2.51. The van der Waals surface area contributed by atoms with Crippen LogP contribution in [-0.4, -0.2) is 76.9 Å². The van der Waals surface area contributed by atoms with Crippen molar-refractivity contribution in [2.75, 3.05) is 5.73 Å². The number of aliphatic hydroxyl groups excluding tert-OH is 1. The Labute approximate surface area is 202 Å². The van der Waals surface area contributed by atoms with Crippen LogP contribution in [-0.2, 0) is 18.4 Å². The molecule has 0 saturated carbocycles. The smallest absolute Gasteiger partial charge is 0.466 e. The molecule has 212 valence electrons. The van der Waals surface area contributed by atoms with Crippen LogP contribution < -0.4 is 15.5 Å². The molecule has 0 aliphatic carbocycles. The first kappa shape index (κ1) is 34.8. The van der Waals surface area contributed by atoms with Crippen molar-refractivity contribution in [2.45, 2.75) is 31.0 Å². The number of nitrogens with zero attached hydrogens (tertiary/aromatic N) is 5. The lowest BCUT2D eigenvalue weighted by Gasteiger charge is -2.14. The van der Waals surface area contributed by atoms with E-state index in [2.05, 4.69) is 20.1 Å². The number of fused-ring (bicyclic) bond motifs is 1. The van der Waals surface area contributed by atoms with Gasteiger partial charge in [0.25, 0.3) is 13.5 Å². The quantitative estimate of drug-likeness (QED) is 0.0926. The summed E-state index contributed by atoms with van der Waals surface area (Å²) in [5.41, 5.74) is 10.5. The van der Waals surface area contributed by atoms with Gasteiger partial charge in [-0.25, -0.2) is 27.4 Å². The number of alkyl halides is 1. The number of hydrogen-bond acceptors (Lipinski definition) is 11. The van der Waals surface area contributed by atoms with E-state index in [9.17, 15) is 13.9 Å². The van der Waals surface area contributed by atoms with Crippen molar-refractivity contribution in [1.82, 2.24) is 19.5 Å². The van der Waals surface area contributed by atoms with Gasteiger partial charge in [-0.05, 0) is 6.92 Å². The molecule has 1 fully saturated rings. The van der Waals surface area contributed by atoms with Gasteiger partial charge in [-0.1, -0.05) is 0 Å². The number of hydrogen-bond donors (Lipinski definition) is 11. The molecular weight excluding hydrogens is 585 g/mol. The molecule has 0 radical (unpaired) electrons. The van der Waals surface area contributed by atoms with Gasteiger partial charge in [-0.3, -0.25) is 4.57 Å².